The van der Waals surface area contributed by atoms with Gasteiger partial charge in [0.2, 0.25) is 0 Å². The molecule has 0 spiro atoms. The number of carboxylic acid groups (broad SMARTS) is 1. The fourth-order valence-electron chi connectivity index (χ4n) is 1.47. The second-order valence-corrected chi connectivity index (χ2v) is 3.53. The van der Waals surface area contributed by atoms with Crippen LogP contribution in [0, 0.1) is 5.92 Å². The fourth-order valence-corrected chi connectivity index (χ4v) is 1.47. The van der Waals surface area contributed by atoms with Crippen molar-refractivity contribution in [3.05, 3.63) is 11.8 Å². The summed E-state index contributed by atoms with van der Waals surface area (Å²) in [5.41, 5.74) is -0.238. The molecule has 0 aromatic carbocycles. The summed E-state index contributed by atoms with van der Waals surface area (Å²) in [7, 11) is 0. The van der Waals surface area contributed by atoms with Crippen molar-refractivity contribution in [2.75, 3.05) is 0 Å². The summed E-state index contributed by atoms with van der Waals surface area (Å²) >= 11 is 0. The zero-order chi connectivity index (χ0) is 8.77. The average molecular weight is 166 g/mol. The van der Waals surface area contributed by atoms with E-state index in [1.807, 2.05) is 6.92 Å². The number of hydrogen-bond donors (Lipinski definition) is 1. The van der Waals surface area contributed by atoms with Gasteiger partial charge < -0.3 is 5.11 Å². The third-order valence-electron chi connectivity index (χ3n) is 2.43. The van der Waals surface area contributed by atoms with Crippen LogP contribution in [0.5, 0.6) is 0 Å². The quantitative estimate of drug-likeness (QED) is 0.677. The molecule has 1 atom stereocenters. The van der Waals surface area contributed by atoms with Crippen LogP contribution in [0.3, 0.4) is 0 Å². The predicted molar refractivity (Wildman–Crippen MR) is 41.7 cm³/mol. The monoisotopic (exact) mass is 166 g/mol. The molecule has 1 unspecified atom stereocenters. The Bertz CT molecular complexity index is 291. The first-order valence-corrected chi connectivity index (χ1v) is 4.01. The SMILES string of the molecule is CC1(C2CC2)C=C(C(=O)O)N=N1. The molecule has 0 bridgehead atoms. The Balaban J connectivity index is 2.23. The van der Waals surface area contributed by atoms with Gasteiger partial charge in [-0.05, 0) is 31.8 Å². The topological polar surface area (TPSA) is 62.0 Å². The Kier molecular flexibility index (Phi) is 1.34. The van der Waals surface area contributed by atoms with Gasteiger partial charge in [0.1, 0.15) is 5.54 Å². The molecule has 0 aromatic heterocycles. The normalized spacial score (nSPS) is 33.6. The highest BCUT2D eigenvalue weighted by molar-refractivity contribution is 5.86. The highest BCUT2D eigenvalue weighted by atomic mass is 16.4. The molecule has 1 heterocycles. The Morgan fingerprint density at radius 1 is 1.75 bits per heavy atom. The summed E-state index contributed by atoms with van der Waals surface area (Å²) in [6.45, 7) is 1.93. The molecule has 64 valence electrons. The van der Waals surface area contributed by atoms with E-state index in [9.17, 15) is 4.79 Å². The van der Waals surface area contributed by atoms with Gasteiger partial charge in [-0.3, -0.25) is 0 Å². The lowest BCUT2D eigenvalue weighted by Gasteiger charge is -2.13. The number of carboxylic acids is 1. The van der Waals surface area contributed by atoms with Crippen LogP contribution < -0.4 is 0 Å². The second-order valence-electron chi connectivity index (χ2n) is 3.53. The smallest absolute Gasteiger partial charge is 0.356 e. The lowest BCUT2D eigenvalue weighted by Crippen LogP contribution is -2.19. The van der Waals surface area contributed by atoms with Gasteiger partial charge in [0, 0.05) is 0 Å². The van der Waals surface area contributed by atoms with E-state index >= 15 is 0 Å². The van der Waals surface area contributed by atoms with Crippen molar-refractivity contribution >= 4 is 5.97 Å². The molecular weight excluding hydrogens is 156 g/mol. The number of azo groups is 1. The predicted octanol–water partition coefficient (Wildman–Crippen LogP) is 1.59. The first kappa shape index (κ1) is 7.46. The summed E-state index contributed by atoms with van der Waals surface area (Å²) in [5.74, 6) is -0.471. The molecule has 12 heavy (non-hydrogen) atoms. The molecule has 4 nitrogen and oxygen atoms in total. The molecule has 0 aromatic rings. The van der Waals surface area contributed by atoms with Crippen LogP contribution in [0.4, 0.5) is 0 Å². The van der Waals surface area contributed by atoms with E-state index in [4.69, 9.17) is 5.11 Å². The van der Waals surface area contributed by atoms with Crippen molar-refractivity contribution in [1.82, 2.24) is 0 Å². The molecule has 1 aliphatic carbocycles. The van der Waals surface area contributed by atoms with E-state index < -0.39 is 5.97 Å². The first-order valence-electron chi connectivity index (χ1n) is 4.01. The largest absolute Gasteiger partial charge is 0.476 e. The van der Waals surface area contributed by atoms with Gasteiger partial charge in [-0.2, -0.15) is 5.11 Å². The van der Waals surface area contributed by atoms with Gasteiger partial charge in [-0.15, -0.1) is 5.11 Å². The van der Waals surface area contributed by atoms with Crippen molar-refractivity contribution in [1.29, 1.82) is 0 Å². The molecule has 1 N–H and O–H groups in total. The molecular formula is C8H10N2O2. The molecule has 1 aliphatic heterocycles. The van der Waals surface area contributed by atoms with E-state index in [2.05, 4.69) is 10.2 Å². The molecule has 2 rings (SSSR count). The lowest BCUT2D eigenvalue weighted by molar-refractivity contribution is -0.132. The molecule has 1 saturated carbocycles. The van der Waals surface area contributed by atoms with Crippen molar-refractivity contribution in [2.24, 2.45) is 16.1 Å². The zero-order valence-corrected chi connectivity index (χ0v) is 6.82. The zero-order valence-electron chi connectivity index (χ0n) is 6.82. The van der Waals surface area contributed by atoms with Gasteiger partial charge in [0.15, 0.2) is 5.70 Å². The van der Waals surface area contributed by atoms with Gasteiger partial charge in [-0.25, -0.2) is 4.79 Å². The lowest BCUT2D eigenvalue weighted by atomic mass is 9.97. The van der Waals surface area contributed by atoms with Crippen molar-refractivity contribution in [3.8, 4) is 0 Å². The van der Waals surface area contributed by atoms with E-state index in [1.54, 1.807) is 6.08 Å². The minimum Gasteiger partial charge on any atom is -0.476 e. The molecule has 1 fully saturated rings. The Morgan fingerprint density at radius 3 is 2.83 bits per heavy atom. The number of rotatable bonds is 2. The summed E-state index contributed by atoms with van der Waals surface area (Å²) in [4.78, 5) is 10.5. The van der Waals surface area contributed by atoms with Crippen LogP contribution >= 0.6 is 0 Å². The molecule has 0 saturated heterocycles. The van der Waals surface area contributed by atoms with Crippen molar-refractivity contribution < 1.29 is 9.90 Å². The minimum atomic E-state index is -0.983. The highest BCUT2D eigenvalue weighted by Gasteiger charge is 2.43. The van der Waals surface area contributed by atoms with E-state index in [-0.39, 0.29) is 11.2 Å². The Morgan fingerprint density at radius 2 is 2.42 bits per heavy atom. The third-order valence-corrected chi connectivity index (χ3v) is 2.43. The van der Waals surface area contributed by atoms with Crippen molar-refractivity contribution in [2.45, 2.75) is 25.3 Å². The van der Waals surface area contributed by atoms with E-state index in [0.29, 0.717) is 5.92 Å². The fraction of sp³-hybridized carbons (Fsp3) is 0.625. The van der Waals surface area contributed by atoms with E-state index in [1.165, 1.54) is 0 Å². The number of hydrogen-bond acceptors (Lipinski definition) is 3. The van der Waals surface area contributed by atoms with Crippen LogP contribution in [-0.2, 0) is 4.79 Å². The molecule has 4 heteroatoms. The summed E-state index contributed by atoms with van der Waals surface area (Å²) in [6.07, 6.45) is 3.94. The number of carbonyl (C=O) groups is 1. The van der Waals surface area contributed by atoms with Crippen LogP contribution in [0.15, 0.2) is 22.0 Å². The summed E-state index contributed by atoms with van der Waals surface area (Å²) < 4.78 is 0. The van der Waals surface area contributed by atoms with Crippen LogP contribution in [0.1, 0.15) is 19.8 Å². The van der Waals surface area contributed by atoms with Crippen LogP contribution in [0.2, 0.25) is 0 Å². The van der Waals surface area contributed by atoms with Crippen molar-refractivity contribution in [3.63, 3.8) is 0 Å². The average Bonchev–Trinajstić information content (AvgIpc) is 2.77. The minimum absolute atomic E-state index is 0.0874. The third kappa shape index (κ3) is 1.03. The Hall–Kier alpha value is -1.19. The first-order chi connectivity index (χ1) is 5.62. The van der Waals surface area contributed by atoms with E-state index in [0.717, 1.165) is 12.8 Å². The summed E-state index contributed by atoms with van der Waals surface area (Å²) in [5, 5.41) is 16.2. The van der Waals surface area contributed by atoms with Crippen LogP contribution in [0.25, 0.3) is 0 Å². The maximum atomic E-state index is 10.5. The van der Waals surface area contributed by atoms with Gasteiger partial charge in [0.25, 0.3) is 0 Å². The maximum absolute atomic E-state index is 10.5. The second kappa shape index (κ2) is 2.15. The highest BCUT2D eigenvalue weighted by Crippen LogP contribution is 2.45. The Labute approximate surface area is 70.0 Å². The maximum Gasteiger partial charge on any atom is 0.356 e. The van der Waals surface area contributed by atoms with Crippen LogP contribution in [-0.4, -0.2) is 16.6 Å². The molecule has 0 radical (unpaired) electrons. The van der Waals surface area contributed by atoms with Gasteiger partial charge in [0.05, 0.1) is 0 Å². The number of nitrogens with zero attached hydrogens (tertiary/aromatic N) is 2. The number of aliphatic carboxylic acids is 1. The molecule has 2 aliphatic rings. The van der Waals surface area contributed by atoms with Gasteiger partial charge >= 0.3 is 5.97 Å². The standard InChI is InChI=1S/C8H10N2O2/c1-8(5-2-3-5)4-6(7(11)12)9-10-8/h4-5H,2-3H2,1H3,(H,11,12). The summed E-state index contributed by atoms with van der Waals surface area (Å²) in [6, 6.07) is 0. The molecule has 0 amide bonds. The van der Waals surface area contributed by atoms with Gasteiger partial charge in [-0.1, -0.05) is 0 Å².